The molecule has 17 heavy (non-hydrogen) atoms. The summed E-state index contributed by atoms with van der Waals surface area (Å²) in [4.78, 5) is 19.2. The third-order valence-electron chi connectivity index (χ3n) is 2.48. The van der Waals surface area contributed by atoms with E-state index >= 15 is 0 Å². The SMILES string of the molecule is Cc1cc(-c2cc(C)ncc2C(=O)O)ccn1. The van der Waals surface area contributed by atoms with E-state index in [1.54, 1.807) is 18.3 Å². The van der Waals surface area contributed by atoms with Gasteiger partial charge in [-0.3, -0.25) is 9.97 Å². The van der Waals surface area contributed by atoms with Crippen molar-refractivity contribution in [2.75, 3.05) is 0 Å². The quantitative estimate of drug-likeness (QED) is 0.857. The molecule has 86 valence electrons. The summed E-state index contributed by atoms with van der Waals surface area (Å²) in [5, 5.41) is 9.13. The number of carboxylic acids is 1. The molecule has 0 spiro atoms. The lowest BCUT2D eigenvalue weighted by molar-refractivity contribution is 0.0697. The van der Waals surface area contributed by atoms with Crippen molar-refractivity contribution in [3.63, 3.8) is 0 Å². The van der Waals surface area contributed by atoms with E-state index in [-0.39, 0.29) is 5.56 Å². The molecular formula is C13H12N2O2. The smallest absolute Gasteiger partial charge is 0.337 e. The van der Waals surface area contributed by atoms with Crippen LogP contribution >= 0.6 is 0 Å². The predicted molar refractivity (Wildman–Crippen MR) is 63.9 cm³/mol. The number of hydrogen-bond acceptors (Lipinski definition) is 3. The monoisotopic (exact) mass is 228 g/mol. The fourth-order valence-electron chi connectivity index (χ4n) is 1.68. The molecule has 4 nitrogen and oxygen atoms in total. The molecule has 0 unspecified atom stereocenters. The van der Waals surface area contributed by atoms with Crippen molar-refractivity contribution in [3.8, 4) is 11.1 Å². The molecule has 0 radical (unpaired) electrons. The molecule has 4 heteroatoms. The highest BCUT2D eigenvalue weighted by Gasteiger charge is 2.12. The number of pyridine rings is 2. The summed E-state index contributed by atoms with van der Waals surface area (Å²) in [5.41, 5.74) is 3.38. The van der Waals surface area contributed by atoms with Crippen LogP contribution in [0.5, 0.6) is 0 Å². The number of nitrogens with zero attached hydrogens (tertiary/aromatic N) is 2. The van der Waals surface area contributed by atoms with Crippen LogP contribution in [0.2, 0.25) is 0 Å². The zero-order chi connectivity index (χ0) is 12.4. The van der Waals surface area contributed by atoms with Gasteiger partial charge in [-0.15, -0.1) is 0 Å². The Morgan fingerprint density at radius 2 is 1.88 bits per heavy atom. The first-order valence-electron chi connectivity index (χ1n) is 5.21. The molecular weight excluding hydrogens is 216 g/mol. The van der Waals surface area contributed by atoms with E-state index in [0.717, 1.165) is 17.0 Å². The Balaban J connectivity index is 2.65. The van der Waals surface area contributed by atoms with Gasteiger partial charge in [0.05, 0.1) is 5.56 Å². The normalized spacial score (nSPS) is 10.2. The van der Waals surface area contributed by atoms with Crippen LogP contribution < -0.4 is 0 Å². The molecule has 2 rings (SSSR count). The zero-order valence-electron chi connectivity index (χ0n) is 9.64. The van der Waals surface area contributed by atoms with Crippen molar-refractivity contribution < 1.29 is 9.90 Å². The molecule has 0 aromatic carbocycles. The van der Waals surface area contributed by atoms with E-state index in [1.165, 1.54) is 6.20 Å². The Labute approximate surface area is 99.0 Å². The molecule has 0 aliphatic rings. The average Bonchev–Trinajstić information content (AvgIpc) is 2.28. The van der Waals surface area contributed by atoms with Crippen LogP contribution in [-0.2, 0) is 0 Å². The molecule has 0 fully saturated rings. The Kier molecular flexibility index (Phi) is 2.87. The number of aromatic carboxylic acids is 1. The number of carbonyl (C=O) groups is 1. The van der Waals surface area contributed by atoms with Gasteiger partial charge in [0.1, 0.15) is 0 Å². The van der Waals surface area contributed by atoms with Gasteiger partial charge in [-0.1, -0.05) is 0 Å². The Hall–Kier alpha value is -2.23. The van der Waals surface area contributed by atoms with Gasteiger partial charge in [0.2, 0.25) is 0 Å². The van der Waals surface area contributed by atoms with E-state index in [0.29, 0.717) is 5.56 Å². The minimum atomic E-state index is -0.970. The molecule has 0 atom stereocenters. The van der Waals surface area contributed by atoms with Gasteiger partial charge in [0.15, 0.2) is 0 Å². The lowest BCUT2D eigenvalue weighted by Gasteiger charge is -2.07. The number of aryl methyl sites for hydroxylation is 2. The average molecular weight is 228 g/mol. The summed E-state index contributed by atoms with van der Waals surface area (Å²) in [6.45, 7) is 3.71. The van der Waals surface area contributed by atoms with E-state index in [1.807, 2.05) is 19.9 Å². The van der Waals surface area contributed by atoms with Gasteiger partial charge in [-0.05, 0) is 43.2 Å². The number of hydrogen-bond donors (Lipinski definition) is 1. The molecule has 0 aliphatic heterocycles. The number of carboxylic acid groups (broad SMARTS) is 1. The van der Waals surface area contributed by atoms with Crippen molar-refractivity contribution in [1.29, 1.82) is 0 Å². The van der Waals surface area contributed by atoms with Crippen LogP contribution in [0.25, 0.3) is 11.1 Å². The van der Waals surface area contributed by atoms with Crippen molar-refractivity contribution in [2.45, 2.75) is 13.8 Å². The molecule has 0 aliphatic carbocycles. The molecule has 0 saturated carbocycles. The first-order valence-corrected chi connectivity index (χ1v) is 5.21. The summed E-state index contributed by atoms with van der Waals surface area (Å²) in [6, 6.07) is 5.44. The first kappa shape index (κ1) is 11.3. The van der Waals surface area contributed by atoms with Gasteiger partial charge in [-0.25, -0.2) is 4.79 Å². The summed E-state index contributed by atoms with van der Waals surface area (Å²) in [7, 11) is 0. The summed E-state index contributed by atoms with van der Waals surface area (Å²) < 4.78 is 0. The predicted octanol–water partition coefficient (Wildman–Crippen LogP) is 2.46. The second kappa shape index (κ2) is 4.33. The Morgan fingerprint density at radius 1 is 1.18 bits per heavy atom. The lowest BCUT2D eigenvalue weighted by Crippen LogP contribution is -2.01. The minimum Gasteiger partial charge on any atom is -0.478 e. The highest BCUT2D eigenvalue weighted by Crippen LogP contribution is 2.24. The van der Waals surface area contributed by atoms with Crippen LogP contribution in [0.15, 0.2) is 30.6 Å². The van der Waals surface area contributed by atoms with E-state index in [9.17, 15) is 4.79 Å². The van der Waals surface area contributed by atoms with Gasteiger partial charge >= 0.3 is 5.97 Å². The second-order valence-corrected chi connectivity index (χ2v) is 3.86. The first-order chi connectivity index (χ1) is 8.08. The van der Waals surface area contributed by atoms with Gasteiger partial charge < -0.3 is 5.11 Å². The van der Waals surface area contributed by atoms with Crippen molar-refractivity contribution in [2.24, 2.45) is 0 Å². The summed E-state index contributed by atoms with van der Waals surface area (Å²) in [5.74, 6) is -0.970. The van der Waals surface area contributed by atoms with E-state index < -0.39 is 5.97 Å². The molecule has 0 amide bonds. The highest BCUT2D eigenvalue weighted by molar-refractivity contribution is 5.95. The van der Waals surface area contributed by atoms with E-state index in [4.69, 9.17) is 5.11 Å². The fourth-order valence-corrected chi connectivity index (χ4v) is 1.68. The molecule has 0 bridgehead atoms. The van der Waals surface area contributed by atoms with Gasteiger partial charge in [0, 0.05) is 23.8 Å². The summed E-state index contributed by atoms with van der Waals surface area (Å²) in [6.07, 6.45) is 3.06. The number of rotatable bonds is 2. The maximum atomic E-state index is 11.1. The van der Waals surface area contributed by atoms with Crippen LogP contribution in [0.1, 0.15) is 21.7 Å². The van der Waals surface area contributed by atoms with Crippen molar-refractivity contribution in [3.05, 3.63) is 47.5 Å². The Bertz CT molecular complexity index is 579. The van der Waals surface area contributed by atoms with E-state index in [2.05, 4.69) is 9.97 Å². The highest BCUT2D eigenvalue weighted by atomic mass is 16.4. The molecule has 2 aromatic heterocycles. The lowest BCUT2D eigenvalue weighted by atomic mass is 10.0. The maximum Gasteiger partial charge on any atom is 0.337 e. The van der Waals surface area contributed by atoms with Gasteiger partial charge in [0.25, 0.3) is 0 Å². The van der Waals surface area contributed by atoms with Crippen LogP contribution in [0, 0.1) is 13.8 Å². The summed E-state index contributed by atoms with van der Waals surface area (Å²) >= 11 is 0. The van der Waals surface area contributed by atoms with Crippen LogP contribution in [0.4, 0.5) is 0 Å². The van der Waals surface area contributed by atoms with Gasteiger partial charge in [-0.2, -0.15) is 0 Å². The minimum absolute atomic E-state index is 0.209. The largest absolute Gasteiger partial charge is 0.478 e. The maximum absolute atomic E-state index is 11.1. The second-order valence-electron chi connectivity index (χ2n) is 3.86. The topological polar surface area (TPSA) is 63.1 Å². The Morgan fingerprint density at radius 3 is 2.53 bits per heavy atom. The zero-order valence-corrected chi connectivity index (χ0v) is 9.64. The third kappa shape index (κ3) is 2.30. The van der Waals surface area contributed by atoms with Crippen LogP contribution in [0.3, 0.4) is 0 Å². The molecule has 1 N–H and O–H groups in total. The molecule has 2 heterocycles. The fraction of sp³-hybridized carbons (Fsp3) is 0.154. The van der Waals surface area contributed by atoms with Crippen LogP contribution in [-0.4, -0.2) is 21.0 Å². The standard InChI is InChI=1S/C13H12N2O2/c1-8-5-10(3-4-14-8)11-6-9(2)15-7-12(11)13(16)17/h3-7H,1-2H3,(H,16,17). The van der Waals surface area contributed by atoms with Crippen molar-refractivity contribution in [1.82, 2.24) is 9.97 Å². The molecule has 2 aromatic rings. The third-order valence-corrected chi connectivity index (χ3v) is 2.48. The van der Waals surface area contributed by atoms with Crippen molar-refractivity contribution >= 4 is 5.97 Å². The number of aromatic nitrogens is 2. The molecule has 0 saturated heterocycles.